The molecule has 1 aromatic rings. The van der Waals surface area contributed by atoms with Gasteiger partial charge < -0.3 is 15.9 Å². The molecule has 0 aliphatic carbocycles. The first kappa shape index (κ1) is 13.9. The Morgan fingerprint density at radius 2 is 2.00 bits per heavy atom. The number of aliphatic hydroxyl groups excluding tert-OH is 1. The highest BCUT2D eigenvalue weighted by molar-refractivity contribution is 8.00. The SMILES string of the molecule is Cc1cc(SC(C)C(C)O)cc(C(=O)O)c1N. The van der Waals surface area contributed by atoms with E-state index in [-0.39, 0.29) is 10.8 Å². The van der Waals surface area contributed by atoms with Crippen LogP contribution in [0.2, 0.25) is 0 Å². The topological polar surface area (TPSA) is 83.5 Å². The van der Waals surface area contributed by atoms with Crippen molar-refractivity contribution in [3.8, 4) is 0 Å². The Hall–Kier alpha value is -1.20. The molecule has 0 aromatic heterocycles. The van der Waals surface area contributed by atoms with Crippen molar-refractivity contribution in [2.24, 2.45) is 0 Å². The molecule has 0 radical (unpaired) electrons. The number of hydrogen-bond donors (Lipinski definition) is 3. The number of benzene rings is 1. The van der Waals surface area contributed by atoms with Crippen LogP contribution < -0.4 is 5.73 Å². The van der Waals surface area contributed by atoms with E-state index in [1.54, 1.807) is 19.9 Å². The zero-order valence-electron chi connectivity index (χ0n) is 10.1. The molecular weight excluding hydrogens is 238 g/mol. The van der Waals surface area contributed by atoms with E-state index in [1.165, 1.54) is 11.8 Å². The van der Waals surface area contributed by atoms with Crippen molar-refractivity contribution < 1.29 is 15.0 Å². The van der Waals surface area contributed by atoms with Gasteiger partial charge in [0.05, 0.1) is 11.7 Å². The Bertz CT molecular complexity index is 432. The summed E-state index contributed by atoms with van der Waals surface area (Å²) in [5.74, 6) is -1.03. The van der Waals surface area contributed by atoms with Crippen molar-refractivity contribution in [2.75, 3.05) is 5.73 Å². The number of rotatable bonds is 4. The molecule has 2 atom stereocenters. The van der Waals surface area contributed by atoms with Gasteiger partial charge in [-0.05, 0) is 31.5 Å². The quantitative estimate of drug-likeness (QED) is 0.567. The number of nitrogen functional groups attached to an aromatic ring is 1. The van der Waals surface area contributed by atoms with Gasteiger partial charge in [0.1, 0.15) is 0 Å². The second kappa shape index (κ2) is 5.42. The van der Waals surface area contributed by atoms with Gasteiger partial charge in [0.25, 0.3) is 0 Å². The van der Waals surface area contributed by atoms with Gasteiger partial charge in [0, 0.05) is 15.8 Å². The lowest BCUT2D eigenvalue weighted by atomic mass is 10.1. The van der Waals surface area contributed by atoms with Crippen LogP contribution in [0.15, 0.2) is 17.0 Å². The van der Waals surface area contributed by atoms with Crippen LogP contribution >= 0.6 is 11.8 Å². The van der Waals surface area contributed by atoms with E-state index >= 15 is 0 Å². The maximum Gasteiger partial charge on any atom is 0.337 e. The summed E-state index contributed by atoms with van der Waals surface area (Å²) in [4.78, 5) is 11.8. The molecule has 4 nitrogen and oxygen atoms in total. The molecule has 0 spiro atoms. The fraction of sp³-hybridized carbons (Fsp3) is 0.417. The van der Waals surface area contributed by atoms with Crippen LogP contribution in [0.3, 0.4) is 0 Å². The first-order valence-corrected chi connectivity index (χ1v) is 6.19. The molecule has 0 saturated heterocycles. The zero-order chi connectivity index (χ0) is 13.2. The summed E-state index contributed by atoms with van der Waals surface area (Å²) >= 11 is 1.44. The second-order valence-electron chi connectivity index (χ2n) is 4.07. The van der Waals surface area contributed by atoms with Crippen LogP contribution in [-0.4, -0.2) is 27.5 Å². The number of aryl methyl sites for hydroxylation is 1. The number of anilines is 1. The highest BCUT2D eigenvalue weighted by Crippen LogP contribution is 2.30. The molecule has 0 fully saturated rings. The molecule has 2 unspecified atom stereocenters. The molecule has 0 aliphatic heterocycles. The van der Waals surface area contributed by atoms with Gasteiger partial charge >= 0.3 is 5.97 Å². The number of carbonyl (C=O) groups is 1. The van der Waals surface area contributed by atoms with Crippen molar-refractivity contribution in [2.45, 2.75) is 37.0 Å². The molecule has 0 bridgehead atoms. The van der Waals surface area contributed by atoms with Gasteiger partial charge in [0.15, 0.2) is 0 Å². The minimum absolute atomic E-state index is 0.000306. The normalized spacial score (nSPS) is 14.4. The van der Waals surface area contributed by atoms with Crippen molar-refractivity contribution in [3.63, 3.8) is 0 Å². The summed E-state index contributed by atoms with van der Waals surface area (Å²) in [6, 6.07) is 3.39. The average molecular weight is 255 g/mol. The Kier molecular flexibility index (Phi) is 4.42. The third-order valence-corrected chi connectivity index (χ3v) is 3.87. The molecule has 0 aliphatic rings. The van der Waals surface area contributed by atoms with Gasteiger partial charge in [-0.15, -0.1) is 11.8 Å². The standard InChI is InChI=1S/C12H17NO3S/c1-6-4-9(17-8(3)7(2)14)5-10(11(6)13)12(15)16/h4-5,7-8,14H,13H2,1-3H3,(H,15,16). The van der Waals surface area contributed by atoms with Crippen molar-refractivity contribution in [3.05, 3.63) is 23.3 Å². The molecular formula is C12H17NO3S. The van der Waals surface area contributed by atoms with Crippen LogP contribution in [0, 0.1) is 6.92 Å². The minimum Gasteiger partial charge on any atom is -0.478 e. The molecule has 94 valence electrons. The first-order chi connectivity index (χ1) is 7.82. The summed E-state index contributed by atoms with van der Waals surface area (Å²) in [6.45, 7) is 5.38. The molecule has 5 heteroatoms. The number of nitrogens with two attached hydrogens (primary N) is 1. The van der Waals surface area contributed by atoms with Gasteiger partial charge in [-0.2, -0.15) is 0 Å². The number of carboxylic acids is 1. The van der Waals surface area contributed by atoms with Gasteiger partial charge in [-0.3, -0.25) is 0 Å². The Balaban J connectivity index is 3.07. The van der Waals surface area contributed by atoms with Gasteiger partial charge in [-0.25, -0.2) is 4.79 Å². The highest BCUT2D eigenvalue weighted by atomic mass is 32.2. The fourth-order valence-corrected chi connectivity index (χ4v) is 2.38. The van der Waals surface area contributed by atoms with E-state index in [1.807, 2.05) is 13.0 Å². The van der Waals surface area contributed by atoms with Crippen molar-refractivity contribution >= 4 is 23.4 Å². The Morgan fingerprint density at radius 3 is 2.47 bits per heavy atom. The van der Waals surface area contributed by atoms with E-state index < -0.39 is 12.1 Å². The Labute approximate surface area is 105 Å². The molecule has 17 heavy (non-hydrogen) atoms. The predicted octanol–water partition coefficient (Wildman–Crippen LogP) is 2.14. The van der Waals surface area contributed by atoms with Crippen LogP contribution in [0.5, 0.6) is 0 Å². The Morgan fingerprint density at radius 1 is 1.41 bits per heavy atom. The lowest BCUT2D eigenvalue weighted by Gasteiger charge is -2.15. The molecule has 0 saturated carbocycles. The minimum atomic E-state index is -1.03. The number of carboxylic acid groups (broad SMARTS) is 1. The molecule has 1 rings (SSSR count). The molecule has 1 aromatic carbocycles. The monoisotopic (exact) mass is 255 g/mol. The van der Waals surface area contributed by atoms with E-state index in [9.17, 15) is 9.90 Å². The third kappa shape index (κ3) is 3.38. The van der Waals surface area contributed by atoms with E-state index in [4.69, 9.17) is 10.8 Å². The van der Waals surface area contributed by atoms with Crippen LogP contribution in [0.4, 0.5) is 5.69 Å². The van der Waals surface area contributed by atoms with E-state index in [2.05, 4.69) is 0 Å². The fourth-order valence-electron chi connectivity index (χ4n) is 1.32. The van der Waals surface area contributed by atoms with Crippen LogP contribution in [0.25, 0.3) is 0 Å². The smallest absolute Gasteiger partial charge is 0.337 e. The number of hydrogen-bond acceptors (Lipinski definition) is 4. The average Bonchev–Trinajstić information content (AvgIpc) is 2.22. The third-order valence-electron chi connectivity index (χ3n) is 2.59. The lowest BCUT2D eigenvalue weighted by molar-refractivity contribution is 0.0697. The predicted molar refractivity (Wildman–Crippen MR) is 69.6 cm³/mol. The number of aromatic carboxylic acids is 1. The molecule has 4 N–H and O–H groups in total. The summed E-state index contributed by atoms with van der Waals surface area (Å²) in [5.41, 5.74) is 6.86. The van der Waals surface area contributed by atoms with Gasteiger partial charge in [-0.1, -0.05) is 6.92 Å². The lowest BCUT2D eigenvalue weighted by Crippen LogP contribution is -2.15. The molecule has 0 amide bonds. The summed E-state index contributed by atoms with van der Waals surface area (Å²) < 4.78 is 0. The molecule has 0 heterocycles. The van der Waals surface area contributed by atoms with Crippen LogP contribution in [0.1, 0.15) is 29.8 Å². The maximum atomic E-state index is 11.0. The highest BCUT2D eigenvalue weighted by Gasteiger charge is 2.15. The maximum absolute atomic E-state index is 11.0. The second-order valence-corrected chi connectivity index (χ2v) is 5.52. The summed E-state index contributed by atoms with van der Waals surface area (Å²) in [6.07, 6.45) is -0.453. The largest absolute Gasteiger partial charge is 0.478 e. The van der Waals surface area contributed by atoms with Gasteiger partial charge in [0.2, 0.25) is 0 Å². The summed E-state index contributed by atoms with van der Waals surface area (Å²) in [7, 11) is 0. The van der Waals surface area contributed by atoms with E-state index in [0.29, 0.717) is 5.69 Å². The first-order valence-electron chi connectivity index (χ1n) is 5.31. The number of aliphatic hydroxyl groups is 1. The van der Waals surface area contributed by atoms with E-state index in [0.717, 1.165) is 10.5 Å². The van der Waals surface area contributed by atoms with Crippen molar-refractivity contribution in [1.29, 1.82) is 0 Å². The summed E-state index contributed by atoms with van der Waals surface area (Å²) in [5, 5.41) is 18.4. The zero-order valence-corrected chi connectivity index (χ0v) is 10.9. The van der Waals surface area contributed by atoms with Crippen molar-refractivity contribution in [1.82, 2.24) is 0 Å². The number of thioether (sulfide) groups is 1. The van der Waals surface area contributed by atoms with Crippen LogP contribution in [-0.2, 0) is 0 Å².